The van der Waals surface area contributed by atoms with Crippen molar-refractivity contribution in [1.82, 2.24) is 29.0 Å². The van der Waals surface area contributed by atoms with Crippen LogP contribution in [0.15, 0.2) is 48.9 Å². The number of piperidine rings is 1. The van der Waals surface area contributed by atoms with Crippen molar-refractivity contribution < 1.29 is 27.6 Å². The van der Waals surface area contributed by atoms with Gasteiger partial charge in [-0.3, -0.25) is 14.4 Å². The van der Waals surface area contributed by atoms with E-state index in [1.165, 1.54) is 17.5 Å². The van der Waals surface area contributed by atoms with Gasteiger partial charge in [0.05, 0.1) is 5.52 Å². The number of hydrogen-bond donors (Lipinski definition) is 1. The minimum Gasteiger partial charge on any atom is -0.337 e. The van der Waals surface area contributed by atoms with Gasteiger partial charge in [0, 0.05) is 47.2 Å². The molecule has 2 aliphatic rings. The molecule has 4 aromatic heterocycles. The molecule has 3 atom stereocenters. The number of ketones is 1. The second-order valence-corrected chi connectivity index (χ2v) is 12.9. The number of fused-ring (bicyclic) bond motifs is 3. The maximum Gasteiger partial charge on any atom is 0.433 e. The molecule has 1 aliphatic heterocycles. The summed E-state index contributed by atoms with van der Waals surface area (Å²) in [5, 5.41) is 16.6. The summed E-state index contributed by atoms with van der Waals surface area (Å²) in [6.45, 7) is 6.70. The lowest BCUT2D eigenvalue weighted by molar-refractivity contribution is -0.141. The Bertz CT molecular complexity index is 2250. The molecule has 2 amide bonds. The molecule has 1 aromatic carbocycles. The Labute approximate surface area is 272 Å². The van der Waals surface area contributed by atoms with Gasteiger partial charge < -0.3 is 14.8 Å². The van der Waals surface area contributed by atoms with Gasteiger partial charge in [-0.25, -0.2) is 14.5 Å². The lowest BCUT2D eigenvalue weighted by atomic mass is 10.0. The van der Waals surface area contributed by atoms with Crippen LogP contribution >= 0.6 is 0 Å². The van der Waals surface area contributed by atoms with Crippen LogP contribution in [0.5, 0.6) is 0 Å². The lowest BCUT2D eigenvalue weighted by Crippen LogP contribution is -2.46. The zero-order chi connectivity index (χ0) is 34.3. The zero-order valence-corrected chi connectivity index (χ0v) is 26.4. The molecule has 0 spiro atoms. The molecular weight excluding hydrogens is 625 g/mol. The minimum atomic E-state index is -4.68. The van der Waals surface area contributed by atoms with Crippen LogP contribution in [0, 0.1) is 30.6 Å². The average Bonchev–Trinajstić information content (AvgIpc) is 3.32. The molecule has 14 heteroatoms. The number of Topliss-reactive ketones (excluding diaryl/α,β-unsaturated/α-hetero) is 1. The first-order valence-electron chi connectivity index (χ1n) is 15.2. The molecule has 1 N–H and O–H groups in total. The van der Waals surface area contributed by atoms with Crippen LogP contribution in [0.2, 0.25) is 0 Å². The second kappa shape index (κ2) is 10.7. The van der Waals surface area contributed by atoms with E-state index >= 15 is 0 Å². The SMILES string of the molecule is CC(=O)c1cn(CC(=O)N2[C@H](C(=O)Nc3nc(C(F)(F)F)ccc3C)C[C@@]3(C)C[C@@H]23)c2c(C)cc(-c3cnc4cc(C#N)nn4c3)cc12. The molecule has 7 rings (SSSR count). The topological polar surface area (TPSA) is 138 Å². The molecule has 11 nitrogen and oxygen atoms in total. The van der Waals surface area contributed by atoms with Crippen LogP contribution in [-0.2, 0) is 22.3 Å². The minimum absolute atomic E-state index is 0.154. The van der Waals surface area contributed by atoms with Crippen molar-refractivity contribution in [3.63, 3.8) is 0 Å². The highest BCUT2D eigenvalue weighted by molar-refractivity contribution is 6.09. The number of aryl methyl sites for hydroxylation is 2. The zero-order valence-electron chi connectivity index (χ0n) is 26.4. The summed E-state index contributed by atoms with van der Waals surface area (Å²) in [5.74, 6) is -1.33. The van der Waals surface area contributed by atoms with Gasteiger partial charge in [-0.2, -0.15) is 23.5 Å². The van der Waals surface area contributed by atoms with Crippen molar-refractivity contribution in [3.8, 4) is 17.2 Å². The van der Waals surface area contributed by atoms with Crippen LogP contribution in [0.4, 0.5) is 19.0 Å². The van der Waals surface area contributed by atoms with E-state index in [2.05, 4.69) is 20.4 Å². The Balaban J connectivity index is 1.19. The fraction of sp³-hybridized carbons (Fsp3) is 0.324. The number of benzene rings is 1. The summed E-state index contributed by atoms with van der Waals surface area (Å²) in [7, 11) is 0. The number of hydrogen-bond acceptors (Lipinski definition) is 7. The molecule has 5 aromatic rings. The van der Waals surface area contributed by atoms with E-state index in [0.29, 0.717) is 46.1 Å². The Morgan fingerprint density at radius 3 is 2.56 bits per heavy atom. The summed E-state index contributed by atoms with van der Waals surface area (Å²) < 4.78 is 43.2. The number of aromatic nitrogens is 5. The number of carbonyl (C=O) groups excluding carboxylic acids is 3. The summed E-state index contributed by atoms with van der Waals surface area (Å²) in [5.41, 5.74) is 3.08. The predicted molar refractivity (Wildman–Crippen MR) is 168 cm³/mol. The molecule has 1 saturated heterocycles. The number of pyridine rings is 1. The van der Waals surface area contributed by atoms with Gasteiger partial charge in [-0.05, 0) is 73.9 Å². The van der Waals surface area contributed by atoms with E-state index in [-0.39, 0.29) is 41.2 Å². The van der Waals surface area contributed by atoms with Crippen molar-refractivity contribution in [2.45, 2.75) is 65.3 Å². The molecule has 1 aliphatic carbocycles. The van der Waals surface area contributed by atoms with E-state index in [4.69, 9.17) is 0 Å². The maximum atomic E-state index is 14.0. The van der Waals surface area contributed by atoms with Gasteiger partial charge in [0.1, 0.15) is 30.2 Å². The third-order valence-electron chi connectivity index (χ3n) is 9.46. The van der Waals surface area contributed by atoms with Crippen LogP contribution in [0.25, 0.3) is 27.7 Å². The Morgan fingerprint density at radius 1 is 1.08 bits per heavy atom. The molecule has 0 bridgehead atoms. The van der Waals surface area contributed by atoms with Gasteiger partial charge in [0.25, 0.3) is 0 Å². The van der Waals surface area contributed by atoms with E-state index in [0.717, 1.165) is 17.2 Å². The lowest BCUT2D eigenvalue weighted by Gasteiger charge is -2.27. The summed E-state index contributed by atoms with van der Waals surface area (Å²) in [4.78, 5) is 50.0. The first-order chi connectivity index (χ1) is 22.7. The van der Waals surface area contributed by atoms with Crippen LogP contribution in [0.1, 0.15) is 59.6 Å². The Morgan fingerprint density at radius 2 is 1.85 bits per heavy atom. The molecular formula is C34H29F3N8O3. The highest BCUT2D eigenvalue weighted by atomic mass is 19.4. The van der Waals surface area contributed by atoms with E-state index in [1.54, 1.807) is 41.0 Å². The fourth-order valence-corrected chi connectivity index (χ4v) is 6.91. The van der Waals surface area contributed by atoms with Crippen molar-refractivity contribution in [2.75, 3.05) is 5.32 Å². The molecule has 2 fully saturated rings. The maximum absolute atomic E-state index is 14.0. The van der Waals surface area contributed by atoms with Crippen LogP contribution in [-0.4, -0.2) is 58.7 Å². The van der Waals surface area contributed by atoms with E-state index in [1.807, 2.05) is 32.0 Å². The Hall–Kier alpha value is -5.58. The third-order valence-corrected chi connectivity index (χ3v) is 9.46. The second-order valence-electron chi connectivity index (χ2n) is 12.9. The van der Waals surface area contributed by atoms with Gasteiger partial charge >= 0.3 is 6.18 Å². The molecule has 244 valence electrons. The molecule has 1 saturated carbocycles. The van der Waals surface area contributed by atoms with E-state index in [9.17, 15) is 32.8 Å². The first-order valence-corrected chi connectivity index (χ1v) is 15.2. The van der Waals surface area contributed by atoms with Gasteiger partial charge in [-0.1, -0.05) is 13.0 Å². The van der Waals surface area contributed by atoms with Crippen molar-refractivity contribution in [2.24, 2.45) is 5.41 Å². The van der Waals surface area contributed by atoms with Crippen molar-refractivity contribution >= 4 is 40.0 Å². The fourth-order valence-electron chi connectivity index (χ4n) is 6.91. The normalized spacial score (nSPS) is 20.2. The summed E-state index contributed by atoms with van der Waals surface area (Å²) in [6, 6.07) is 8.35. The van der Waals surface area contributed by atoms with Crippen LogP contribution in [0.3, 0.4) is 0 Å². The average molecular weight is 655 g/mol. The molecule has 5 heterocycles. The highest BCUT2D eigenvalue weighted by Crippen LogP contribution is 2.59. The first kappa shape index (κ1) is 31.0. The van der Waals surface area contributed by atoms with Gasteiger partial charge in [0.2, 0.25) is 11.8 Å². The quantitative estimate of drug-likeness (QED) is 0.240. The number of nitrogens with one attached hydrogen (secondary N) is 1. The largest absolute Gasteiger partial charge is 0.433 e. The van der Waals surface area contributed by atoms with Gasteiger partial charge in [-0.15, -0.1) is 0 Å². The standard InChI is InChI=1S/C34H29F3N8O3/c1-17-5-6-26(34(35,36)37)40-31(17)41-32(48)25-10-33(4)11-27(33)45(25)29(47)16-43-15-24(19(3)46)23-8-20(7-18(2)30(23)43)21-13-39-28-9-22(12-38)42-44(28)14-21/h5-9,13-15,25,27H,10-11,16H2,1-4H3,(H,40,41,48)/t25-,27+,33-/m0/s1. The molecule has 48 heavy (non-hydrogen) atoms. The smallest absolute Gasteiger partial charge is 0.337 e. The number of likely N-dealkylation sites (tertiary alicyclic amines) is 1. The Kier molecular flexibility index (Phi) is 6.94. The number of halogens is 3. The van der Waals surface area contributed by atoms with Crippen molar-refractivity contribution in [1.29, 1.82) is 5.26 Å². The summed E-state index contributed by atoms with van der Waals surface area (Å²) in [6.07, 6.45) is 1.45. The number of nitrogens with zero attached hydrogens (tertiary/aromatic N) is 7. The number of alkyl halides is 3. The van der Waals surface area contributed by atoms with E-state index < -0.39 is 23.8 Å². The number of rotatable bonds is 6. The number of anilines is 1. The number of nitriles is 1. The predicted octanol–water partition coefficient (Wildman–Crippen LogP) is 5.47. The van der Waals surface area contributed by atoms with Gasteiger partial charge in [0.15, 0.2) is 17.1 Å². The van der Waals surface area contributed by atoms with Crippen molar-refractivity contribution in [3.05, 3.63) is 77.0 Å². The van der Waals surface area contributed by atoms with Crippen LogP contribution < -0.4 is 5.32 Å². The number of carbonyl (C=O) groups is 3. The number of amides is 2. The summed E-state index contributed by atoms with van der Waals surface area (Å²) >= 11 is 0. The molecule has 0 unspecified atom stereocenters. The molecule has 0 radical (unpaired) electrons. The monoisotopic (exact) mass is 654 g/mol. The highest BCUT2D eigenvalue weighted by Gasteiger charge is 2.64. The third kappa shape index (κ3) is 5.15.